The number of rotatable bonds is 1. The maximum atomic E-state index is 9.26. The second-order valence-corrected chi connectivity index (χ2v) is 2.84. The molecule has 1 unspecified atom stereocenters. The van der Waals surface area contributed by atoms with Crippen molar-refractivity contribution in [3.8, 4) is 0 Å². The highest BCUT2D eigenvalue weighted by atomic mass is 16.6. The topological polar surface area (TPSA) is 69.9 Å². The molecule has 0 bridgehead atoms. The van der Waals surface area contributed by atoms with E-state index in [1.54, 1.807) is 0 Å². The van der Waals surface area contributed by atoms with Crippen molar-refractivity contribution in [2.75, 3.05) is 0 Å². The largest absolute Gasteiger partial charge is 0.390 e. The minimum absolute atomic E-state index is 0.194. The number of aliphatic hydroxyl groups excluding tert-OH is 3. The molecule has 0 aromatic rings. The monoisotopic (exact) mass is 162 g/mol. The summed E-state index contributed by atoms with van der Waals surface area (Å²) in [5.41, 5.74) is 0. The second-order valence-electron chi connectivity index (χ2n) is 2.84. The van der Waals surface area contributed by atoms with Crippen LogP contribution in [-0.4, -0.2) is 39.9 Å². The summed E-state index contributed by atoms with van der Waals surface area (Å²) in [7, 11) is 0. The highest BCUT2D eigenvalue weighted by molar-refractivity contribution is 4.79. The molecule has 0 radical (unpaired) electrons. The molecule has 11 heavy (non-hydrogen) atoms. The van der Waals surface area contributed by atoms with E-state index in [0.29, 0.717) is 6.42 Å². The molecule has 1 fully saturated rings. The Bertz CT molecular complexity index is 128. The lowest BCUT2D eigenvalue weighted by molar-refractivity contribution is -0.245. The molecule has 4 heteroatoms. The van der Waals surface area contributed by atoms with Gasteiger partial charge in [0.2, 0.25) is 0 Å². The Morgan fingerprint density at radius 1 is 1.27 bits per heavy atom. The van der Waals surface area contributed by atoms with Crippen LogP contribution in [0.4, 0.5) is 0 Å². The smallest absolute Gasteiger partial charge is 0.181 e. The SMILES string of the molecule is CC[C@@H]1OC(O)[C@@H](O)C[C@H]1O. The van der Waals surface area contributed by atoms with Crippen molar-refractivity contribution in [3.63, 3.8) is 0 Å². The zero-order chi connectivity index (χ0) is 8.43. The summed E-state index contributed by atoms with van der Waals surface area (Å²) >= 11 is 0. The van der Waals surface area contributed by atoms with Gasteiger partial charge in [0.1, 0.15) is 6.10 Å². The molecule has 4 nitrogen and oxygen atoms in total. The molecule has 0 aliphatic carbocycles. The molecule has 0 amide bonds. The van der Waals surface area contributed by atoms with E-state index in [1.165, 1.54) is 0 Å². The van der Waals surface area contributed by atoms with Crippen LogP contribution in [-0.2, 0) is 4.74 Å². The summed E-state index contributed by atoms with van der Waals surface area (Å²) in [6, 6.07) is 0. The quantitative estimate of drug-likeness (QED) is 0.473. The van der Waals surface area contributed by atoms with Gasteiger partial charge in [-0.15, -0.1) is 0 Å². The molecular formula is C7H14O4. The van der Waals surface area contributed by atoms with Crippen LogP contribution in [0.1, 0.15) is 19.8 Å². The highest BCUT2D eigenvalue weighted by Gasteiger charge is 2.33. The summed E-state index contributed by atoms with van der Waals surface area (Å²) < 4.78 is 4.92. The van der Waals surface area contributed by atoms with Crippen LogP contribution in [0.3, 0.4) is 0 Å². The van der Waals surface area contributed by atoms with Gasteiger partial charge in [0, 0.05) is 6.42 Å². The Balaban J connectivity index is 2.48. The van der Waals surface area contributed by atoms with Gasteiger partial charge in [-0.1, -0.05) is 6.92 Å². The van der Waals surface area contributed by atoms with Gasteiger partial charge in [-0.25, -0.2) is 0 Å². The van der Waals surface area contributed by atoms with Gasteiger partial charge < -0.3 is 20.1 Å². The summed E-state index contributed by atoms with van der Waals surface area (Å²) in [5, 5.41) is 27.3. The molecule has 1 saturated heterocycles. The van der Waals surface area contributed by atoms with Crippen LogP contribution in [0.2, 0.25) is 0 Å². The fourth-order valence-corrected chi connectivity index (χ4v) is 1.24. The third kappa shape index (κ3) is 1.90. The minimum atomic E-state index is -1.14. The van der Waals surface area contributed by atoms with E-state index >= 15 is 0 Å². The lowest BCUT2D eigenvalue weighted by Gasteiger charge is -2.33. The minimum Gasteiger partial charge on any atom is -0.390 e. The van der Waals surface area contributed by atoms with Crippen molar-refractivity contribution >= 4 is 0 Å². The predicted octanol–water partition coefficient (Wildman–Crippen LogP) is -0.775. The van der Waals surface area contributed by atoms with Crippen LogP contribution >= 0.6 is 0 Å². The number of ether oxygens (including phenoxy) is 1. The van der Waals surface area contributed by atoms with E-state index in [-0.39, 0.29) is 12.5 Å². The van der Waals surface area contributed by atoms with Gasteiger partial charge in [0.05, 0.1) is 12.2 Å². The molecule has 0 aromatic heterocycles. The van der Waals surface area contributed by atoms with Gasteiger partial charge in [0.25, 0.3) is 0 Å². The summed E-state index contributed by atoms with van der Waals surface area (Å²) in [4.78, 5) is 0. The average molecular weight is 162 g/mol. The van der Waals surface area contributed by atoms with Gasteiger partial charge in [-0.2, -0.15) is 0 Å². The van der Waals surface area contributed by atoms with Gasteiger partial charge in [-0.05, 0) is 6.42 Å². The van der Waals surface area contributed by atoms with Crippen LogP contribution in [0.25, 0.3) is 0 Å². The Labute approximate surface area is 65.4 Å². The van der Waals surface area contributed by atoms with Crippen LogP contribution in [0.5, 0.6) is 0 Å². The van der Waals surface area contributed by atoms with Crippen molar-refractivity contribution in [2.24, 2.45) is 0 Å². The predicted molar refractivity (Wildman–Crippen MR) is 37.8 cm³/mol. The maximum Gasteiger partial charge on any atom is 0.181 e. The van der Waals surface area contributed by atoms with E-state index in [2.05, 4.69) is 0 Å². The maximum absolute atomic E-state index is 9.26. The molecule has 0 aromatic carbocycles. The summed E-state index contributed by atoms with van der Waals surface area (Å²) in [6.07, 6.45) is -2.24. The van der Waals surface area contributed by atoms with Gasteiger partial charge in [-0.3, -0.25) is 0 Å². The molecule has 1 rings (SSSR count). The van der Waals surface area contributed by atoms with E-state index in [9.17, 15) is 5.11 Å². The molecule has 3 N–H and O–H groups in total. The third-order valence-electron chi connectivity index (χ3n) is 1.96. The molecule has 1 heterocycles. The first kappa shape index (κ1) is 8.93. The van der Waals surface area contributed by atoms with Crippen molar-refractivity contribution in [2.45, 2.75) is 44.4 Å². The molecule has 1 aliphatic heterocycles. The standard InChI is InChI=1S/C7H14O4/c1-2-6-4(8)3-5(9)7(10)11-6/h4-10H,2-3H2,1H3/t4-,5+,6+,7?/m1/s1. The lowest BCUT2D eigenvalue weighted by Crippen LogP contribution is -2.46. The van der Waals surface area contributed by atoms with Crippen molar-refractivity contribution in [3.05, 3.63) is 0 Å². The first-order valence-corrected chi connectivity index (χ1v) is 3.84. The fourth-order valence-electron chi connectivity index (χ4n) is 1.24. The van der Waals surface area contributed by atoms with Crippen molar-refractivity contribution in [1.29, 1.82) is 0 Å². The molecule has 66 valence electrons. The number of hydrogen-bond donors (Lipinski definition) is 3. The average Bonchev–Trinajstić information content (AvgIpc) is 1.97. The molecule has 0 saturated carbocycles. The molecule has 0 spiro atoms. The Kier molecular flexibility index (Phi) is 2.84. The van der Waals surface area contributed by atoms with Crippen LogP contribution < -0.4 is 0 Å². The third-order valence-corrected chi connectivity index (χ3v) is 1.96. The van der Waals surface area contributed by atoms with E-state index in [1.807, 2.05) is 6.92 Å². The first-order valence-electron chi connectivity index (χ1n) is 3.84. The normalized spacial score (nSPS) is 45.8. The van der Waals surface area contributed by atoms with Crippen molar-refractivity contribution < 1.29 is 20.1 Å². The van der Waals surface area contributed by atoms with Crippen molar-refractivity contribution in [1.82, 2.24) is 0 Å². The highest BCUT2D eigenvalue weighted by Crippen LogP contribution is 2.20. The molecule has 4 atom stereocenters. The van der Waals surface area contributed by atoms with E-state index in [0.717, 1.165) is 0 Å². The second kappa shape index (κ2) is 3.49. The van der Waals surface area contributed by atoms with E-state index in [4.69, 9.17) is 14.9 Å². The lowest BCUT2D eigenvalue weighted by atomic mass is 10.0. The summed E-state index contributed by atoms with van der Waals surface area (Å²) in [6.45, 7) is 1.86. The van der Waals surface area contributed by atoms with Crippen LogP contribution in [0, 0.1) is 0 Å². The van der Waals surface area contributed by atoms with Gasteiger partial charge >= 0.3 is 0 Å². The number of hydrogen-bond acceptors (Lipinski definition) is 4. The first-order chi connectivity index (χ1) is 5.15. The number of aliphatic hydroxyl groups is 3. The Morgan fingerprint density at radius 2 is 1.91 bits per heavy atom. The van der Waals surface area contributed by atoms with E-state index < -0.39 is 18.5 Å². The Hall–Kier alpha value is -0.160. The summed E-state index contributed by atoms with van der Waals surface area (Å²) in [5.74, 6) is 0. The zero-order valence-corrected chi connectivity index (χ0v) is 6.47. The molecular weight excluding hydrogens is 148 g/mol. The Morgan fingerprint density at radius 3 is 2.45 bits per heavy atom. The fraction of sp³-hybridized carbons (Fsp3) is 1.00. The zero-order valence-electron chi connectivity index (χ0n) is 6.47. The van der Waals surface area contributed by atoms with Crippen LogP contribution in [0.15, 0.2) is 0 Å². The van der Waals surface area contributed by atoms with Gasteiger partial charge in [0.15, 0.2) is 6.29 Å². The molecule has 1 aliphatic rings.